The summed E-state index contributed by atoms with van der Waals surface area (Å²) in [5.41, 5.74) is 4.61. The molecule has 2 heterocycles. The first-order chi connectivity index (χ1) is 11.3. The minimum Gasteiger partial charge on any atom is -0.488 e. The summed E-state index contributed by atoms with van der Waals surface area (Å²) in [5.74, 6) is 0.988. The number of anilines is 1. The van der Waals surface area contributed by atoms with Crippen molar-refractivity contribution in [2.24, 2.45) is 0 Å². The van der Waals surface area contributed by atoms with Crippen molar-refractivity contribution in [1.29, 1.82) is 0 Å². The van der Waals surface area contributed by atoms with E-state index in [-0.39, 0.29) is 11.5 Å². The van der Waals surface area contributed by atoms with Gasteiger partial charge in [-0.1, -0.05) is 29.8 Å². The van der Waals surface area contributed by atoms with Gasteiger partial charge in [-0.3, -0.25) is 4.79 Å². The molecule has 0 unspecified atom stereocenters. The first kappa shape index (κ1) is 15.3. The van der Waals surface area contributed by atoms with Crippen LogP contribution in [-0.2, 0) is 16.6 Å². The average molecular weight is 321 g/mol. The molecule has 2 aromatic carbocycles. The topological polar surface area (TPSA) is 38.3 Å². The fraction of sp³-hybridized carbons (Fsp3) is 0.381. The molecule has 0 aliphatic carbocycles. The second-order valence-electron chi connectivity index (χ2n) is 7.81. The number of ether oxygens (including phenoxy) is 1. The van der Waals surface area contributed by atoms with Crippen LogP contribution < -0.4 is 10.1 Å². The van der Waals surface area contributed by atoms with Gasteiger partial charge in [-0.15, -0.1) is 0 Å². The number of hydrogen-bond donors (Lipinski definition) is 1. The number of hydrogen-bond acceptors (Lipinski definition) is 2. The molecule has 0 bridgehead atoms. The zero-order chi connectivity index (χ0) is 17.1. The molecule has 24 heavy (non-hydrogen) atoms. The first-order valence-corrected chi connectivity index (χ1v) is 8.55. The number of fused-ring (bicyclic) bond motifs is 2. The lowest BCUT2D eigenvalue weighted by Gasteiger charge is -2.33. The van der Waals surface area contributed by atoms with E-state index in [1.54, 1.807) is 0 Å². The molecule has 1 N–H and O–H groups in total. The molecule has 0 radical (unpaired) electrons. The Morgan fingerprint density at radius 3 is 2.67 bits per heavy atom. The molecule has 0 fully saturated rings. The van der Waals surface area contributed by atoms with Crippen molar-refractivity contribution in [3.63, 3.8) is 0 Å². The van der Waals surface area contributed by atoms with Gasteiger partial charge in [-0.05, 0) is 69.4 Å². The third-order valence-corrected chi connectivity index (χ3v) is 5.44. The highest BCUT2D eigenvalue weighted by molar-refractivity contribution is 6.08. The quantitative estimate of drug-likeness (QED) is 0.847. The van der Waals surface area contributed by atoms with E-state index in [0.29, 0.717) is 0 Å². The van der Waals surface area contributed by atoms with E-state index in [4.69, 9.17) is 4.74 Å². The van der Waals surface area contributed by atoms with Crippen LogP contribution in [0, 0.1) is 6.92 Å². The van der Waals surface area contributed by atoms with Gasteiger partial charge in [0.25, 0.3) is 0 Å². The van der Waals surface area contributed by atoms with Gasteiger partial charge in [0.1, 0.15) is 11.4 Å². The smallest absolute Gasteiger partial charge is 0.239 e. The Labute approximate surface area is 143 Å². The SMILES string of the molecule is Cc1ccc2c(c1)[C@@](C)(c1ccc3c(c1)CCC(C)(C)O3)C(=O)N2. The Morgan fingerprint density at radius 1 is 1.08 bits per heavy atom. The highest BCUT2D eigenvalue weighted by Gasteiger charge is 2.44. The predicted octanol–water partition coefficient (Wildman–Crippen LogP) is 4.36. The molecule has 1 atom stereocenters. The zero-order valence-corrected chi connectivity index (χ0v) is 14.7. The number of amides is 1. The first-order valence-electron chi connectivity index (χ1n) is 8.55. The summed E-state index contributed by atoms with van der Waals surface area (Å²) in [7, 11) is 0. The Balaban J connectivity index is 1.82. The van der Waals surface area contributed by atoms with E-state index in [9.17, 15) is 4.79 Å². The van der Waals surface area contributed by atoms with Crippen molar-refractivity contribution in [1.82, 2.24) is 0 Å². The minimum atomic E-state index is -0.649. The van der Waals surface area contributed by atoms with Crippen molar-refractivity contribution >= 4 is 11.6 Å². The number of carbonyl (C=O) groups is 1. The summed E-state index contributed by atoms with van der Waals surface area (Å²) in [6.45, 7) is 8.32. The van der Waals surface area contributed by atoms with Crippen LogP contribution in [0.3, 0.4) is 0 Å². The molecule has 2 aromatic rings. The average Bonchev–Trinajstić information content (AvgIpc) is 2.78. The van der Waals surface area contributed by atoms with Crippen LogP contribution in [0.4, 0.5) is 5.69 Å². The van der Waals surface area contributed by atoms with Crippen LogP contribution in [-0.4, -0.2) is 11.5 Å². The number of carbonyl (C=O) groups excluding carboxylic acids is 1. The zero-order valence-electron chi connectivity index (χ0n) is 14.7. The van der Waals surface area contributed by atoms with Crippen LogP contribution in [0.2, 0.25) is 0 Å². The van der Waals surface area contributed by atoms with Crippen LogP contribution in [0.15, 0.2) is 36.4 Å². The molecular weight excluding hydrogens is 298 g/mol. The summed E-state index contributed by atoms with van der Waals surface area (Å²) < 4.78 is 6.08. The third-order valence-electron chi connectivity index (χ3n) is 5.44. The van der Waals surface area contributed by atoms with E-state index in [1.165, 1.54) is 11.1 Å². The fourth-order valence-electron chi connectivity index (χ4n) is 3.81. The van der Waals surface area contributed by atoms with Crippen LogP contribution >= 0.6 is 0 Å². The highest BCUT2D eigenvalue weighted by Crippen LogP contribution is 2.45. The third kappa shape index (κ3) is 2.15. The maximum absolute atomic E-state index is 12.8. The Hall–Kier alpha value is -2.29. The summed E-state index contributed by atoms with van der Waals surface area (Å²) in [6.07, 6.45) is 1.97. The lowest BCUT2D eigenvalue weighted by molar-refractivity contribution is -0.119. The molecule has 2 aliphatic heterocycles. The van der Waals surface area contributed by atoms with Crippen molar-refractivity contribution < 1.29 is 9.53 Å². The summed E-state index contributed by atoms with van der Waals surface area (Å²) in [4.78, 5) is 12.8. The van der Waals surface area contributed by atoms with Gasteiger partial charge in [0, 0.05) is 5.69 Å². The van der Waals surface area contributed by atoms with Gasteiger partial charge in [-0.25, -0.2) is 0 Å². The molecule has 3 nitrogen and oxygen atoms in total. The highest BCUT2D eigenvalue weighted by atomic mass is 16.5. The Bertz CT molecular complexity index is 853. The maximum atomic E-state index is 12.8. The molecule has 124 valence electrons. The normalized spacial score (nSPS) is 23.9. The molecule has 0 saturated heterocycles. The molecule has 4 rings (SSSR count). The van der Waals surface area contributed by atoms with Crippen LogP contribution in [0.5, 0.6) is 5.75 Å². The Morgan fingerprint density at radius 2 is 1.88 bits per heavy atom. The second-order valence-corrected chi connectivity index (χ2v) is 7.81. The second kappa shape index (κ2) is 4.85. The Kier molecular flexibility index (Phi) is 3.08. The standard InChI is InChI=1S/C21H23NO2/c1-13-5-7-17-16(11-13)21(4,19(23)22-17)15-6-8-18-14(12-15)9-10-20(2,3)24-18/h5-8,11-12H,9-10H2,1-4H3,(H,22,23)/t21-/m1/s1. The molecule has 2 aliphatic rings. The molecule has 1 amide bonds. The molecular formula is C21H23NO2. The number of benzene rings is 2. The van der Waals surface area contributed by atoms with Crippen molar-refractivity contribution in [2.75, 3.05) is 5.32 Å². The predicted molar refractivity (Wildman–Crippen MR) is 95.7 cm³/mol. The van der Waals surface area contributed by atoms with Crippen LogP contribution in [0.25, 0.3) is 0 Å². The summed E-state index contributed by atoms with van der Waals surface area (Å²) in [6, 6.07) is 12.4. The van der Waals surface area contributed by atoms with E-state index < -0.39 is 5.41 Å². The largest absolute Gasteiger partial charge is 0.488 e. The van der Waals surface area contributed by atoms with Gasteiger partial charge in [0.2, 0.25) is 5.91 Å². The van der Waals surface area contributed by atoms with Crippen molar-refractivity contribution in [2.45, 2.75) is 51.6 Å². The van der Waals surface area contributed by atoms with Gasteiger partial charge < -0.3 is 10.1 Å². The number of rotatable bonds is 1. The lowest BCUT2D eigenvalue weighted by atomic mass is 9.76. The molecule has 0 aromatic heterocycles. The summed E-state index contributed by atoms with van der Waals surface area (Å²) in [5, 5.41) is 3.04. The van der Waals surface area contributed by atoms with Crippen molar-refractivity contribution in [3.05, 3.63) is 58.7 Å². The minimum absolute atomic E-state index is 0.0418. The number of nitrogens with one attached hydrogen (secondary N) is 1. The van der Waals surface area contributed by atoms with E-state index in [2.05, 4.69) is 38.2 Å². The summed E-state index contributed by atoms with van der Waals surface area (Å²) >= 11 is 0. The maximum Gasteiger partial charge on any atom is 0.239 e. The van der Waals surface area contributed by atoms with Gasteiger partial charge >= 0.3 is 0 Å². The molecule has 0 saturated carbocycles. The van der Waals surface area contributed by atoms with Gasteiger partial charge in [-0.2, -0.15) is 0 Å². The van der Waals surface area contributed by atoms with E-state index in [0.717, 1.165) is 35.4 Å². The van der Waals surface area contributed by atoms with E-state index in [1.807, 2.05) is 31.2 Å². The molecule has 0 spiro atoms. The van der Waals surface area contributed by atoms with Gasteiger partial charge in [0.05, 0.1) is 5.41 Å². The fourth-order valence-corrected chi connectivity index (χ4v) is 3.81. The van der Waals surface area contributed by atoms with Gasteiger partial charge in [0.15, 0.2) is 0 Å². The monoisotopic (exact) mass is 321 g/mol. The van der Waals surface area contributed by atoms with Crippen LogP contribution in [0.1, 0.15) is 49.4 Å². The van der Waals surface area contributed by atoms with E-state index >= 15 is 0 Å². The molecule has 3 heteroatoms. The van der Waals surface area contributed by atoms with Crippen molar-refractivity contribution in [3.8, 4) is 5.75 Å². The number of aryl methyl sites for hydroxylation is 2. The lowest BCUT2D eigenvalue weighted by Crippen LogP contribution is -2.34.